The van der Waals surface area contributed by atoms with Gasteiger partial charge in [0.15, 0.2) is 0 Å². The summed E-state index contributed by atoms with van der Waals surface area (Å²) < 4.78 is 5.88. The predicted octanol–water partition coefficient (Wildman–Crippen LogP) is 10.2. The second-order valence-corrected chi connectivity index (χ2v) is 10.7. The van der Waals surface area contributed by atoms with E-state index in [1.165, 1.54) is 96.3 Å². The number of ether oxygens (including phenoxy) is 1. The van der Waals surface area contributed by atoms with Gasteiger partial charge in [0, 0.05) is 12.8 Å². The number of carbonyl (C=O) groups is 2. The van der Waals surface area contributed by atoms with Crippen LogP contribution in [0, 0.1) is 0 Å². The zero-order valence-corrected chi connectivity index (χ0v) is 23.6. The molecule has 0 aromatic heterocycles. The number of carboxylic acid groups (broad SMARTS) is 1. The third kappa shape index (κ3) is 27.4. The summed E-state index contributed by atoms with van der Waals surface area (Å²) in [6, 6.07) is 0. The Kier molecular flexibility index (Phi) is 26.7. The molecule has 0 spiro atoms. The molecule has 208 valence electrons. The molecule has 0 rings (SSSR count). The number of aliphatic carboxylic acids is 1. The first kappa shape index (κ1) is 33.9. The summed E-state index contributed by atoms with van der Waals surface area (Å²) in [4.78, 5) is 23.0. The van der Waals surface area contributed by atoms with Gasteiger partial charge in [-0.3, -0.25) is 9.59 Å². The molecular formula is C31H60O4. The first-order valence-corrected chi connectivity index (χ1v) is 15.5. The molecule has 4 nitrogen and oxygen atoms in total. The Labute approximate surface area is 218 Å². The van der Waals surface area contributed by atoms with Crippen LogP contribution in [-0.4, -0.2) is 23.1 Å². The molecule has 0 fully saturated rings. The minimum Gasteiger partial charge on any atom is -0.481 e. The fourth-order valence-electron chi connectivity index (χ4n) is 4.77. The predicted molar refractivity (Wildman–Crippen MR) is 149 cm³/mol. The fraction of sp³-hybridized carbons (Fsp3) is 0.935. The molecule has 0 saturated carbocycles. The molecule has 1 atom stereocenters. The molecule has 0 amide bonds. The van der Waals surface area contributed by atoms with Crippen LogP contribution < -0.4 is 0 Å². The van der Waals surface area contributed by atoms with Crippen molar-refractivity contribution in [3.05, 3.63) is 0 Å². The van der Waals surface area contributed by atoms with E-state index in [9.17, 15) is 9.59 Å². The number of carbonyl (C=O) groups excluding carboxylic acids is 1. The average Bonchev–Trinajstić information content (AvgIpc) is 2.83. The zero-order chi connectivity index (χ0) is 25.8. The Morgan fingerprint density at radius 3 is 1.26 bits per heavy atom. The van der Waals surface area contributed by atoms with Crippen molar-refractivity contribution in [1.82, 2.24) is 0 Å². The van der Waals surface area contributed by atoms with Crippen molar-refractivity contribution in [1.29, 1.82) is 0 Å². The molecule has 4 heteroatoms. The van der Waals surface area contributed by atoms with Crippen LogP contribution in [0.15, 0.2) is 0 Å². The molecule has 0 aliphatic rings. The summed E-state index contributed by atoms with van der Waals surface area (Å²) in [5.74, 6) is -0.727. The maximum absolute atomic E-state index is 12.4. The maximum Gasteiger partial charge on any atom is 0.306 e. The lowest BCUT2D eigenvalue weighted by atomic mass is 10.0. The van der Waals surface area contributed by atoms with Crippen molar-refractivity contribution >= 4 is 11.9 Å². The van der Waals surface area contributed by atoms with Gasteiger partial charge >= 0.3 is 11.9 Å². The Morgan fingerprint density at radius 2 is 0.857 bits per heavy atom. The van der Waals surface area contributed by atoms with Gasteiger partial charge in [0.2, 0.25) is 0 Å². The standard InChI is InChI=1S/C31H60O4/c1-3-5-7-9-10-11-12-13-14-15-16-18-24-28-31(34)35-29(25-21-17-8-6-4-2)26-22-19-20-23-27-30(32)33/h29H,3-28H2,1-2H3,(H,32,33). The molecular weight excluding hydrogens is 436 g/mol. The molecule has 0 aromatic rings. The second kappa shape index (κ2) is 27.5. The van der Waals surface area contributed by atoms with E-state index in [0.29, 0.717) is 6.42 Å². The van der Waals surface area contributed by atoms with E-state index >= 15 is 0 Å². The topological polar surface area (TPSA) is 63.6 Å². The highest BCUT2D eigenvalue weighted by atomic mass is 16.5. The van der Waals surface area contributed by atoms with Crippen molar-refractivity contribution in [3.8, 4) is 0 Å². The quantitative estimate of drug-likeness (QED) is 0.0864. The number of carboxylic acids is 1. The molecule has 0 radical (unpaired) electrons. The van der Waals surface area contributed by atoms with Crippen molar-refractivity contribution < 1.29 is 19.4 Å². The van der Waals surface area contributed by atoms with E-state index in [-0.39, 0.29) is 18.5 Å². The number of rotatable bonds is 28. The van der Waals surface area contributed by atoms with Crippen LogP contribution >= 0.6 is 0 Å². The Bertz CT molecular complexity index is 463. The smallest absolute Gasteiger partial charge is 0.306 e. The van der Waals surface area contributed by atoms with Gasteiger partial charge in [-0.2, -0.15) is 0 Å². The highest BCUT2D eigenvalue weighted by Crippen LogP contribution is 2.18. The first-order valence-electron chi connectivity index (χ1n) is 15.5. The molecule has 0 bridgehead atoms. The van der Waals surface area contributed by atoms with Gasteiger partial charge < -0.3 is 9.84 Å². The Morgan fingerprint density at radius 1 is 0.514 bits per heavy atom. The molecule has 0 heterocycles. The summed E-state index contributed by atoms with van der Waals surface area (Å²) in [5.41, 5.74) is 0. The molecule has 1 N–H and O–H groups in total. The summed E-state index contributed by atoms with van der Waals surface area (Å²) >= 11 is 0. The van der Waals surface area contributed by atoms with Gasteiger partial charge in [-0.1, -0.05) is 129 Å². The van der Waals surface area contributed by atoms with E-state index in [1.807, 2.05) is 0 Å². The maximum atomic E-state index is 12.4. The van der Waals surface area contributed by atoms with Crippen LogP contribution in [0.2, 0.25) is 0 Å². The van der Waals surface area contributed by atoms with Gasteiger partial charge in [0.25, 0.3) is 0 Å². The molecule has 0 aliphatic heterocycles. The highest BCUT2D eigenvalue weighted by molar-refractivity contribution is 5.69. The molecule has 0 aromatic carbocycles. The summed E-state index contributed by atoms with van der Waals surface area (Å²) in [7, 11) is 0. The largest absolute Gasteiger partial charge is 0.481 e. The molecule has 35 heavy (non-hydrogen) atoms. The highest BCUT2D eigenvalue weighted by Gasteiger charge is 2.14. The van der Waals surface area contributed by atoms with Crippen molar-refractivity contribution in [3.63, 3.8) is 0 Å². The van der Waals surface area contributed by atoms with E-state index in [1.54, 1.807) is 0 Å². The van der Waals surface area contributed by atoms with Crippen LogP contribution in [-0.2, 0) is 14.3 Å². The molecule has 1 unspecified atom stereocenters. The lowest BCUT2D eigenvalue weighted by molar-refractivity contribution is -0.150. The van der Waals surface area contributed by atoms with Crippen molar-refractivity contribution in [2.24, 2.45) is 0 Å². The van der Waals surface area contributed by atoms with E-state index in [4.69, 9.17) is 9.84 Å². The SMILES string of the molecule is CCCCCCCCCCCCCCCC(=O)OC(CCCCCCC)CCCCCCC(=O)O. The first-order chi connectivity index (χ1) is 17.1. The van der Waals surface area contributed by atoms with Crippen molar-refractivity contribution in [2.45, 2.75) is 187 Å². The Hall–Kier alpha value is -1.06. The molecule has 0 saturated heterocycles. The minimum atomic E-state index is -0.711. The monoisotopic (exact) mass is 496 g/mol. The number of unbranched alkanes of at least 4 members (excludes halogenated alkanes) is 19. The minimum absolute atomic E-state index is 0.0162. The number of hydrogen-bond acceptors (Lipinski definition) is 3. The fourth-order valence-corrected chi connectivity index (χ4v) is 4.77. The lowest BCUT2D eigenvalue weighted by Gasteiger charge is -2.18. The van der Waals surface area contributed by atoms with E-state index in [2.05, 4.69) is 13.8 Å². The van der Waals surface area contributed by atoms with E-state index < -0.39 is 5.97 Å². The van der Waals surface area contributed by atoms with Gasteiger partial charge in [0.1, 0.15) is 6.10 Å². The third-order valence-corrected chi connectivity index (χ3v) is 7.08. The lowest BCUT2D eigenvalue weighted by Crippen LogP contribution is -2.18. The van der Waals surface area contributed by atoms with Gasteiger partial charge in [-0.05, 0) is 38.5 Å². The van der Waals surface area contributed by atoms with Crippen molar-refractivity contribution in [2.75, 3.05) is 0 Å². The summed E-state index contributed by atoms with van der Waals surface area (Å²) in [6.07, 6.45) is 29.7. The Balaban J connectivity index is 3.84. The van der Waals surface area contributed by atoms with Gasteiger partial charge in [0.05, 0.1) is 0 Å². The normalized spacial score (nSPS) is 12.1. The van der Waals surface area contributed by atoms with E-state index in [0.717, 1.165) is 57.8 Å². The van der Waals surface area contributed by atoms with Crippen LogP contribution in [0.3, 0.4) is 0 Å². The van der Waals surface area contributed by atoms with Crippen LogP contribution in [0.1, 0.15) is 181 Å². The summed E-state index contributed by atoms with van der Waals surface area (Å²) in [6.45, 7) is 4.50. The van der Waals surface area contributed by atoms with Gasteiger partial charge in [-0.25, -0.2) is 0 Å². The number of hydrogen-bond donors (Lipinski definition) is 1. The van der Waals surface area contributed by atoms with Crippen LogP contribution in [0.5, 0.6) is 0 Å². The third-order valence-electron chi connectivity index (χ3n) is 7.08. The van der Waals surface area contributed by atoms with Crippen LogP contribution in [0.25, 0.3) is 0 Å². The molecule has 0 aliphatic carbocycles. The summed E-state index contributed by atoms with van der Waals surface area (Å²) in [5, 5.41) is 8.75. The van der Waals surface area contributed by atoms with Gasteiger partial charge in [-0.15, -0.1) is 0 Å². The van der Waals surface area contributed by atoms with Crippen LogP contribution in [0.4, 0.5) is 0 Å². The number of esters is 1. The second-order valence-electron chi connectivity index (χ2n) is 10.7. The average molecular weight is 497 g/mol. The zero-order valence-electron chi connectivity index (χ0n) is 23.6.